The molecule has 2 N–H and O–H groups in total. The van der Waals surface area contributed by atoms with E-state index in [9.17, 15) is 4.79 Å². The number of amides is 1. The number of benzene rings is 1. The normalized spacial score (nSPS) is 17.2. The molecule has 0 saturated heterocycles. The molecule has 1 fully saturated rings. The Morgan fingerprint density at radius 2 is 1.95 bits per heavy atom. The van der Waals surface area contributed by atoms with Gasteiger partial charge in [-0.05, 0) is 37.5 Å². The van der Waals surface area contributed by atoms with Gasteiger partial charge >= 0.3 is 0 Å². The topological polar surface area (TPSA) is 54.3 Å². The van der Waals surface area contributed by atoms with Crippen LogP contribution in [0.1, 0.15) is 43.2 Å². The molecule has 21 heavy (non-hydrogen) atoms. The maximum atomic E-state index is 12.5. The maximum absolute atomic E-state index is 12.5. The van der Waals surface area contributed by atoms with Crippen molar-refractivity contribution in [3.8, 4) is 0 Å². The second-order valence-corrected chi connectivity index (χ2v) is 5.53. The van der Waals surface area contributed by atoms with Gasteiger partial charge in [-0.1, -0.05) is 30.3 Å². The van der Waals surface area contributed by atoms with Crippen LogP contribution in [-0.2, 0) is 4.79 Å². The van der Waals surface area contributed by atoms with Crippen LogP contribution in [0.5, 0.6) is 0 Å². The van der Waals surface area contributed by atoms with Crippen molar-refractivity contribution in [2.24, 2.45) is 0 Å². The Bertz CT molecular complexity index is 576. The van der Waals surface area contributed by atoms with Crippen LogP contribution in [0.15, 0.2) is 53.1 Å². The Hall–Kier alpha value is -2.07. The van der Waals surface area contributed by atoms with Crippen LogP contribution in [0, 0.1) is 0 Å². The first kappa shape index (κ1) is 13.9. The molecule has 0 bridgehead atoms. The Morgan fingerprint density at radius 3 is 2.57 bits per heavy atom. The lowest BCUT2D eigenvalue weighted by molar-refractivity contribution is -0.123. The summed E-state index contributed by atoms with van der Waals surface area (Å²) in [7, 11) is 0. The average molecular weight is 284 g/mol. The molecule has 1 amide bonds. The van der Waals surface area contributed by atoms with Gasteiger partial charge in [-0.3, -0.25) is 10.1 Å². The van der Waals surface area contributed by atoms with E-state index in [4.69, 9.17) is 4.42 Å². The van der Waals surface area contributed by atoms with Gasteiger partial charge in [0.1, 0.15) is 11.8 Å². The molecule has 0 aliphatic heterocycles. The van der Waals surface area contributed by atoms with Crippen LogP contribution in [-0.4, -0.2) is 11.9 Å². The zero-order chi connectivity index (χ0) is 14.7. The van der Waals surface area contributed by atoms with Crippen molar-refractivity contribution in [3.63, 3.8) is 0 Å². The summed E-state index contributed by atoms with van der Waals surface area (Å²) in [5, 5.41) is 6.43. The second kappa shape index (κ2) is 6.14. The molecule has 4 nitrogen and oxygen atoms in total. The summed E-state index contributed by atoms with van der Waals surface area (Å²) in [6.07, 6.45) is 3.82. The van der Waals surface area contributed by atoms with Crippen LogP contribution >= 0.6 is 0 Å². The Labute approximate surface area is 124 Å². The number of hydrogen-bond acceptors (Lipinski definition) is 3. The van der Waals surface area contributed by atoms with Crippen molar-refractivity contribution < 1.29 is 9.21 Å². The van der Waals surface area contributed by atoms with Gasteiger partial charge in [0.05, 0.1) is 12.3 Å². The lowest BCUT2D eigenvalue weighted by Crippen LogP contribution is -2.39. The van der Waals surface area contributed by atoms with E-state index >= 15 is 0 Å². The number of hydrogen-bond donors (Lipinski definition) is 2. The fourth-order valence-corrected chi connectivity index (χ4v) is 2.35. The van der Waals surface area contributed by atoms with Crippen molar-refractivity contribution in [3.05, 3.63) is 60.1 Å². The second-order valence-electron chi connectivity index (χ2n) is 5.53. The lowest BCUT2D eigenvalue weighted by atomic mass is 10.0. The van der Waals surface area contributed by atoms with E-state index in [-0.39, 0.29) is 18.0 Å². The Balaban J connectivity index is 1.76. The van der Waals surface area contributed by atoms with E-state index < -0.39 is 0 Å². The molecule has 3 rings (SSSR count). The first-order valence-corrected chi connectivity index (χ1v) is 7.39. The predicted octanol–water partition coefficient (Wildman–Crippen LogP) is 2.95. The SMILES string of the molecule is C[C@@H](N[C@H](C(=O)NC1CC1)c1ccccc1)c1ccco1. The standard InChI is InChI=1S/C17H20N2O2/c1-12(15-8-5-11-21-15)18-16(13-6-3-2-4-7-13)17(20)19-14-9-10-14/h2-8,11-12,14,16,18H,9-10H2,1H3,(H,19,20)/t12-,16+/m1/s1. The molecule has 1 aliphatic rings. The maximum Gasteiger partial charge on any atom is 0.241 e. The van der Waals surface area contributed by atoms with Crippen LogP contribution in [0.2, 0.25) is 0 Å². The van der Waals surface area contributed by atoms with Gasteiger partial charge in [0.2, 0.25) is 5.91 Å². The largest absolute Gasteiger partial charge is 0.468 e. The number of carbonyl (C=O) groups excluding carboxylic acids is 1. The lowest BCUT2D eigenvalue weighted by Gasteiger charge is -2.22. The molecule has 0 spiro atoms. The zero-order valence-electron chi connectivity index (χ0n) is 12.1. The van der Waals surface area contributed by atoms with Gasteiger partial charge in [-0.2, -0.15) is 0 Å². The summed E-state index contributed by atoms with van der Waals surface area (Å²) in [4.78, 5) is 12.5. The summed E-state index contributed by atoms with van der Waals surface area (Å²) >= 11 is 0. The predicted molar refractivity (Wildman–Crippen MR) is 80.6 cm³/mol. The van der Waals surface area contributed by atoms with Gasteiger partial charge in [-0.15, -0.1) is 0 Å². The minimum absolute atomic E-state index is 0.0297. The van der Waals surface area contributed by atoms with E-state index in [0.717, 1.165) is 24.2 Å². The molecule has 2 atom stereocenters. The van der Waals surface area contributed by atoms with Crippen LogP contribution in [0.4, 0.5) is 0 Å². The summed E-state index contributed by atoms with van der Waals surface area (Å²) in [6.45, 7) is 2.00. The monoisotopic (exact) mass is 284 g/mol. The minimum Gasteiger partial charge on any atom is -0.468 e. The summed E-state index contributed by atoms with van der Waals surface area (Å²) < 4.78 is 5.41. The van der Waals surface area contributed by atoms with Gasteiger partial charge in [0, 0.05) is 6.04 Å². The molecule has 1 saturated carbocycles. The third-order valence-electron chi connectivity index (χ3n) is 3.71. The summed E-state index contributed by atoms with van der Waals surface area (Å²) in [6, 6.07) is 13.5. The first-order valence-electron chi connectivity index (χ1n) is 7.39. The van der Waals surface area contributed by atoms with Crippen molar-refractivity contribution in [2.45, 2.75) is 37.9 Å². The van der Waals surface area contributed by atoms with E-state index in [0.29, 0.717) is 6.04 Å². The average Bonchev–Trinajstić information content (AvgIpc) is 3.15. The van der Waals surface area contributed by atoms with Crippen molar-refractivity contribution in [1.82, 2.24) is 10.6 Å². The molecule has 0 unspecified atom stereocenters. The molecule has 1 heterocycles. The summed E-state index contributed by atoms with van der Waals surface area (Å²) in [5.74, 6) is 0.859. The molecule has 2 aromatic rings. The van der Waals surface area contributed by atoms with Gasteiger partial charge in [0.15, 0.2) is 0 Å². The Morgan fingerprint density at radius 1 is 1.19 bits per heavy atom. The van der Waals surface area contributed by atoms with Crippen LogP contribution in [0.3, 0.4) is 0 Å². The third-order valence-corrected chi connectivity index (χ3v) is 3.71. The van der Waals surface area contributed by atoms with E-state index in [1.165, 1.54) is 0 Å². The minimum atomic E-state index is -0.369. The van der Waals surface area contributed by atoms with Crippen molar-refractivity contribution in [1.29, 1.82) is 0 Å². The molecule has 0 radical (unpaired) electrons. The van der Waals surface area contributed by atoms with E-state index in [2.05, 4.69) is 10.6 Å². The van der Waals surface area contributed by atoms with Gasteiger partial charge in [0.25, 0.3) is 0 Å². The number of rotatable bonds is 6. The molecule has 1 aromatic carbocycles. The van der Waals surface area contributed by atoms with E-state index in [1.54, 1.807) is 6.26 Å². The van der Waals surface area contributed by atoms with Crippen LogP contribution in [0.25, 0.3) is 0 Å². The highest BCUT2D eigenvalue weighted by molar-refractivity contribution is 5.83. The Kier molecular flexibility index (Phi) is 4.06. The molecular weight excluding hydrogens is 264 g/mol. The van der Waals surface area contributed by atoms with E-state index in [1.807, 2.05) is 49.4 Å². The zero-order valence-corrected chi connectivity index (χ0v) is 12.1. The third kappa shape index (κ3) is 3.52. The van der Waals surface area contributed by atoms with Crippen molar-refractivity contribution in [2.75, 3.05) is 0 Å². The fraction of sp³-hybridized carbons (Fsp3) is 0.353. The summed E-state index contributed by atoms with van der Waals surface area (Å²) in [5.41, 5.74) is 0.967. The number of carbonyl (C=O) groups is 1. The highest BCUT2D eigenvalue weighted by Gasteiger charge is 2.29. The van der Waals surface area contributed by atoms with Gasteiger partial charge in [-0.25, -0.2) is 0 Å². The molecular formula is C17H20N2O2. The quantitative estimate of drug-likeness (QED) is 0.857. The molecule has 110 valence electrons. The molecule has 4 heteroatoms. The fourth-order valence-electron chi connectivity index (χ4n) is 2.35. The highest BCUT2D eigenvalue weighted by atomic mass is 16.3. The highest BCUT2D eigenvalue weighted by Crippen LogP contribution is 2.23. The first-order chi connectivity index (χ1) is 10.2. The van der Waals surface area contributed by atoms with Crippen molar-refractivity contribution >= 4 is 5.91 Å². The van der Waals surface area contributed by atoms with Crippen LogP contribution < -0.4 is 10.6 Å². The smallest absolute Gasteiger partial charge is 0.241 e. The molecule has 1 aromatic heterocycles. The number of furan rings is 1. The molecule has 1 aliphatic carbocycles. The number of nitrogens with one attached hydrogen (secondary N) is 2. The van der Waals surface area contributed by atoms with Gasteiger partial charge < -0.3 is 9.73 Å².